The minimum atomic E-state index is -4.45. The van der Waals surface area contributed by atoms with Crippen LogP contribution < -0.4 is 5.32 Å². The Labute approximate surface area is 166 Å². The van der Waals surface area contributed by atoms with Crippen LogP contribution in [0.4, 0.5) is 23.7 Å². The van der Waals surface area contributed by atoms with E-state index < -0.39 is 18.8 Å². The van der Waals surface area contributed by atoms with E-state index in [0.29, 0.717) is 37.6 Å². The van der Waals surface area contributed by atoms with Crippen molar-refractivity contribution in [3.63, 3.8) is 0 Å². The highest BCUT2D eigenvalue weighted by Gasteiger charge is 2.27. The molecule has 2 rings (SSSR count). The molecule has 0 radical (unpaired) electrons. The number of ether oxygens (including phenoxy) is 2. The number of amides is 3. The molecule has 0 aromatic heterocycles. The average molecular weight is 419 g/mol. The lowest BCUT2D eigenvalue weighted by Gasteiger charge is -2.27. The molecule has 1 heterocycles. The van der Waals surface area contributed by atoms with Crippen LogP contribution in [0.5, 0.6) is 0 Å². The van der Waals surface area contributed by atoms with Gasteiger partial charge < -0.3 is 29.7 Å². The Hall–Kier alpha value is -2.37. The fraction of sp³-hybridized carbons (Fsp3) is 0.556. The highest BCUT2D eigenvalue weighted by atomic mass is 19.4. The Kier molecular flexibility index (Phi) is 8.68. The second kappa shape index (κ2) is 11.0. The number of hydrogen-bond donors (Lipinski definition) is 2. The van der Waals surface area contributed by atoms with Gasteiger partial charge in [0.05, 0.1) is 26.4 Å². The molecule has 1 fully saturated rings. The summed E-state index contributed by atoms with van der Waals surface area (Å²) in [6.45, 7) is -0.404. The Morgan fingerprint density at radius 1 is 1.24 bits per heavy atom. The molecule has 0 aliphatic carbocycles. The van der Waals surface area contributed by atoms with Gasteiger partial charge in [0.1, 0.15) is 6.61 Å². The lowest BCUT2D eigenvalue weighted by atomic mass is 10.1. The number of anilines is 1. The minimum absolute atomic E-state index is 0.0758. The van der Waals surface area contributed by atoms with Crippen molar-refractivity contribution in [1.82, 2.24) is 9.80 Å². The zero-order chi connectivity index (χ0) is 21.3. The summed E-state index contributed by atoms with van der Waals surface area (Å²) in [6.07, 6.45) is -4.45. The van der Waals surface area contributed by atoms with E-state index in [4.69, 9.17) is 9.84 Å². The van der Waals surface area contributed by atoms with Gasteiger partial charge >= 0.3 is 12.2 Å². The van der Waals surface area contributed by atoms with E-state index in [0.717, 1.165) is 4.90 Å². The summed E-state index contributed by atoms with van der Waals surface area (Å²) in [5.41, 5.74) is 0.750. The summed E-state index contributed by atoms with van der Waals surface area (Å²) in [5, 5.41) is 11.7. The van der Waals surface area contributed by atoms with E-state index in [-0.39, 0.29) is 32.2 Å². The predicted molar refractivity (Wildman–Crippen MR) is 97.7 cm³/mol. The third-order valence-corrected chi connectivity index (χ3v) is 4.09. The topological polar surface area (TPSA) is 91.3 Å². The van der Waals surface area contributed by atoms with Gasteiger partial charge in [0.2, 0.25) is 0 Å². The van der Waals surface area contributed by atoms with Crippen molar-refractivity contribution in [3.05, 3.63) is 29.8 Å². The summed E-state index contributed by atoms with van der Waals surface area (Å²) in [4.78, 5) is 27.7. The third kappa shape index (κ3) is 7.87. The Balaban J connectivity index is 1.93. The number of hydrogen-bond acceptors (Lipinski definition) is 5. The van der Waals surface area contributed by atoms with Crippen molar-refractivity contribution < 1.29 is 37.3 Å². The van der Waals surface area contributed by atoms with Gasteiger partial charge in [-0.15, -0.1) is 0 Å². The maximum Gasteiger partial charge on any atom is 0.411 e. The first kappa shape index (κ1) is 22.9. The smallest absolute Gasteiger partial charge is 0.395 e. The fourth-order valence-corrected chi connectivity index (χ4v) is 2.68. The predicted octanol–water partition coefficient (Wildman–Crippen LogP) is 1.56. The van der Waals surface area contributed by atoms with Crippen molar-refractivity contribution in [2.24, 2.45) is 0 Å². The highest BCUT2D eigenvalue weighted by molar-refractivity contribution is 5.97. The molecule has 1 aromatic carbocycles. The number of aliphatic hydroxyl groups is 1. The van der Waals surface area contributed by atoms with E-state index in [1.165, 1.54) is 6.07 Å². The van der Waals surface area contributed by atoms with Gasteiger partial charge in [0.15, 0.2) is 0 Å². The maximum atomic E-state index is 12.5. The number of morpholine rings is 1. The molecular formula is C18H24F3N3O5. The van der Waals surface area contributed by atoms with Crippen LogP contribution in [0.2, 0.25) is 0 Å². The molecule has 2 N–H and O–H groups in total. The van der Waals surface area contributed by atoms with Gasteiger partial charge in [-0.05, 0) is 18.2 Å². The van der Waals surface area contributed by atoms with Gasteiger partial charge in [-0.25, -0.2) is 4.79 Å². The second-order valence-corrected chi connectivity index (χ2v) is 6.29. The standard InChI is InChI=1S/C18H24F3N3O5/c19-18(20,21)13-29-11-7-24(4-8-25)17(27)22-15-3-1-2-14(12-15)16(26)23-5-9-28-10-6-23/h1-3,12,25H,4-11,13H2,(H,22,27). The van der Waals surface area contributed by atoms with Crippen LogP contribution in [-0.2, 0) is 9.47 Å². The van der Waals surface area contributed by atoms with Crippen molar-refractivity contribution in [3.8, 4) is 0 Å². The Morgan fingerprint density at radius 2 is 1.97 bits per heavy atom. The number of benzene rings is 1. The van der Waals surface area contributed by atoms with Crippen LogP contribution in [-0.4, -0.2) is 92.2 Å². The SMILES string of the molecule is O=C(Nc1cccc(C(=O)N2CCOCC2)c1)N(CCO)CCOCC(F)(F)F. The molecule has 3 amide bonds. The first-order chi connectivity index (χ1) is 13.8. The van der Waals surface area contributed by atoms with Crippen LogP contribution in [0.3, 0.4) is 0 Å². The number of halogens is 3. The Bertz CT molecular complexity index is 681. The molecule has 162 valence electrons. The molecule has 0 bridgehead atoms. The van der Waals surface area contributed by atoms with E-state index in [1.807, 2.05) is 0 Å². The number of nitrogens with zero attached hydrogens (tertiary/aromatic N) is 2. The number of rotatable bonds is 8. The quantitative estimate of drug-likeness (QED) is 0.624. The molecule has 0 saturated carbocycles. The van der Waals surface area contributed by atoms with Gasteiger partial charge in [-0.1, -0.05) is 6.07 Å². The normalized spacial score (nSPS) is 14.6. The van der Waals surface area contributed by atoms with Crippen molar-refractivity contribution in [2.45, 2.75) is 6.18 Å². The fourth-order valence-electron chi connectivity index (χ4n) is 2.68. The molecule has 8 nitrogen and oxygen atoms in total. The maximum absolute atomic E-state index is 12.5. The summed E-state index contributed by atoms with van der Waals surface area (Å²) in [7, 11) is 0. The van der Waals surface area contributed by atoms with Crippen molar-refractivity contribution >= 4 is 17.6 Å². The molecule has 1 aromatic rings. The molecule has 1 aliphatic rings. The molecule has 11 heteroatoms. The Morgan fingerprint density at radius 3 is 2.62 bits per heavy atom. The zero-order valence-electron chi connectivity index (χ0n) is 15.8. The summed E-state index contributed by atoms with van der Waals surface area (Å²) in [5.74, 6) is -0.183. The molecule has 29 heavy (non-hydrogen) atoms. The lowest BCUT2D eigenvalue weighted by Crippen LogP contribution is -2.41. The summed E-state index contributed by atoms with van der Waals surface area (Å²) in [6, 6.07) is 5.74. The van der Waals surface area contributed by atoms with E-state index in [2.05, 4.69) is 10.1 Å². The molecule has 1 saturated heterocycles. The first-order valence-electron chi connectivity index (χ1n) is 9.08. The van der Waals surface area contributed by atoms with E-state index in [9.17, 15) is 22.8 Å². The number of carbonyl (C=O) groups is 2. The number of nitrogens with one attached hydrogen (secondary N) is 1. The molecule has 0 unspecified atom stereocenters. The van der Waals surface area contributed by atoms with Gasteiger partial charge in [-0.3, -0.25) is 4.79 Å². The lowest BCUT2D eigenvalue weighted by molar-refractivity contribution is -0.174. The average Bonchev–Trinajstić information content (AvgIpc) is 2.69. The second-order valence-electron chi connectivity index (χ2n) is 6.29. The van der Waals surface area contributed by atoms with Gasteiger partial charge in [0.25, 0.3) is 5.91 Å². The summed E-state index contributed by atoms with van der Waals surface area (Å²) >= 11 is 0. The van der Waals surface area contributed by atoms with Gasteiger partial charge in [-0.2, -0.15) is 13.2 Å². The van der Waals surface area contributed by atoms with Crippen molar-refractivity contribution in [2.75, 3.05) is 64.5 Å². The monoisotopic (exact) mass is 419 g/mol. The van der Waals surface area contributed by atoms with Gasteiger partial charge in [0, 0.05) is 37.4 Å². The number of carbonyl (C=O) groups excluding carboxylic acids is 2. The third-order valence-electron chi connectivity index (χ3n) is 4.09. The molecular weight excluding hydrogens is 395 g/mol. The highest BCUT2D eigenvalue weighted by Crippen LogP contribution is 2.16. The van der Waals surface area contributed by atoms with Crippen molar-refractivity contribution in [1.29, 1.82) is 0 Å². The van der Waals surface area contributed by atoms with Crippen LogP contribution in [0.1, 0.15) is 10.4 Å². The first-order valence-corrected chi connectivity index (χ1v) is 9.08. The van der Waals surface area contributed by atoms with E-state index >= 15 is 0 Å². The minimum Gasteiger partial charge on any atom is -0.395 e. The van der Waals surface area contributed by atoms with Crippen LogP contribution in [0, 0.1) is 0 Å². The molecule has 0 spiro atoms. The number of aliphatic hydroxyl groups excluding tert-OH is 1. The van der Waals surface area contributed by atoms with Crippen LogP contribution in [0.15, 0.2) is 24.3 Å². The largest absolute Gasteiger partial charge is 0.411 e. The number of urea groups is 1. The summed E-state index contributed by atoms with van der Waals surface area (Å²) < 4.78 is 46.1. The van der Waals surface area contributed by atoms with E-state index in [1.54, 1.807) is 23.1 Å². The van der Waals surface area contributed by atoms with Crippen LogP contribution in [0.25, 0.3) is 0 Å². The molecule has 0 atom stereocenters. The number of alkyl halides is 3. The zero-order valence-corrected chi connectivity index (χ0v) is 15.8. The van der Waals surface area contributed by atoms with Crippen LogP contribution >= 0.6 is 0 Å². The molecule has 1 aliphatic heterocycles.